The summed E-state index contributed by atoms with van der Waals surface area (Å²) >= 11 is 1.59. The summed E-state index contributed by atoms with van der Waals surface area (Å²) in [5.74, 6) is -1.62. The summed E-state index contributed by atoms with van der Waals surface area (Å²) in [6.45, 7) is 2.96. The molecular formula is C39H70N4O24S2. The molecule has 30 heteroatoms. The van der Waals surface area contributed by atoms with Crippen LogP contribution in [0.15, 0.2) is 0 Å². The van der Waals surface area contributed by atoms with Crippen molar-refractivity contribution in [3.8, 4) is 0 Å². The maximum absolute atomic E-state index is 12.9. The highest BCUT2D eigenvalue weighted by Crippen LogP contribution is 2.34. The summed E-state index contributed by atoms with van der Waals surface area (Å²) in [6.07, 6.45) is -29.9. The Morgan fingerprint density at radius 3 is 1.20 bits per heavy atom. The molecule has 402 valence electrons. The predicted molar refractivity (Wildman–Crippen MR) is 234 cm³/mol. The molecule has 0 aromatic rings. The molecule has 28 nitrogen and oxygen atoms in total. The number of hydrogen-bond acceptors (Lipinski definition) is 27. The van der Waals surface area contributed by atoms with Gasteiger partial charge in [-0.3, -0.25) is 14.5 Å². The Hall–Kier alpha value is -1.93. The summed E-state index contributed by atoms with van der Waals surface area (Å²) in [7, 11) is 0. The van der Waals surface area contributed by atoms with E-state index in [1.807, 2.05) is 0 Å². The summed E-state index contributed by atoms with van der Waals surface area (Å²) in [4.78, 5) is 39.9. The number of hydrogen-bond donors (Lipinski definition) is 17. The van der Waals surface area contributed by atoms with Gasteiger partial charge in [-0.25, -0.2) is 4.79 Å². The molecule has 0 saturated carbocycles. The summed E-state index contributed by atoms with van der Waals surface area (Å²) in [6, 6.07) is 0. The molecule has 0 unspecified atom stereocenters. The van der Waals surface area contributed by atoms with E-state index in [2.05, 4.69) is 16.0 Å². The molecular weight excluding hydrogens is 973 g/mol. The minimum absolute atomic E-state index is 0.0625. The highest BCUT2D eigenvalue weighted by atomic mass is 32.2. The molecule has 69 heavy (non-hydrogen) atoms. The van der Waals surface area contributed by atoms with Gasteiger partial charge in [0.1, 0.15) is 114 Å². The number of rotatable bonds is 23. The number of nitrogens with one attached hydrogen (secondary N) is 3. The molecule has 0 radical (unpaired) electrons. The maximum atomic E-state index is 12.9. The molecule has 4 heterocycles. The second-order valence-corrected chi connectivity index (χ2v) is 19.8. The standard InChI is InChI=1S/C39H70N4O24S2/c1-39(2,3)67-38(60)42-6-9-43(7-4-40-20(48)14-68-36-30(58)26(54)32(18(12-46)63-36)65-34-28(56)24(52)22(50)16(10-44)61-34)8-5-41-21(49)15-69-37-31(59)27(55)33(19(13-47)64-37)66-35-29(57)25(53)23(51)17(11-45)62-35/h16-19,22-37,44-47,50-59H,4-15H2,1-3H3,(H,40,48)(H,41,49)(H,42,60)/t16-,17-,18-,19-,22+,23+,24+,25+,26-,27-,28-,29-,30-,31-,32+,33+,34-,35-,36+,37+/m1/s1. The van der Waals surface area contributed by atoms with Gasteiger partial charge in [0.05, 0.1) is 37.9 Å². The van der Waals surface area contributed by atoms with E-state index in [4.69, 9.17) is 33.2 Å². The third kappa shape index (κ3) is 16.8. The smallest absolute Gasteiger partial charge is 0.407 e. The lowest BCUT2D eigenvalue weighted by atomic mass is 9.97. The van der Waals surface area contributed by atoms with Crippen molar-refractivity contribution >= 4 is 41.4 Å². The molecule has 0 aromatic carbocycles. The Morgan fingerprint density at radius 1 is 0.493 bits per heavy atom. The first-order valence-corrected chi connectivity index (χ1v) is 24.3. The van der Waals surface area contributed by atoms with Crippen LogP contribution < -0.4 is 16.0 Å². The van der Waals surface area contributed by atoms with Crippen LogP contribution in [0.5, 0.6) is 0 Å². The van der Waals surface area contributed by atoms with E-state index in [1.165, 1.54) is 0 Å². The number of ether oxygens (including phenoxy) is 7. The number of nitrogens with zero attached hydrogens (tertiary/aromatic N) is 1. The predicted octanol–water partition coefficient (Wildman–Crippen LogP) is -9.24. The minimum atomic E-state index is -1.84. The minimum Gasteiger partial charge on any atom is -0.444 e. The second-order valence-electron chi connectivity index (χ2n) is 17.6. The fourth-order valence-electron chi connectivity index (χ4n) is 7.48. The Kier molecular flexibility index (Phi) is 24.1. The molecule has 4 saturated heterocycles. The van der Waals surface area contributed by atoms with Crippen LogP contribution in [0.2, 0.25) is 0 Å². The normalized spacial score (nSPS) is 38.6. The van der Waals surface area contributed by atoms with E-state index in [-0.39, 0.29) is 50.8 Å². The SMILES string of the molecule is CC(C)(C)OC(=O)NCCN(CCNC(=O)CS[C@@H]1O[C@H](CO)[C@H](O[C@H]2O[C@H](CO)[C@H](O)[C@H](O)[C@H]2O)[C@H](O)[C@H]1O)CCNC(=O)CS[C@@H]1O[C@H](CO)[C@H](O[C@H]2O[C@H](CO)[C@H](O)[C@H](O)[C@H]2O)[C@H](O)[C@H]1O. The molecule has 0 aliphatic carbocycles. The van der Waals surface area contributed by atoms with Gasteiger partial charge < -0.3 is 121 Å². The van der Waals surface area contributed by atoms with Crippen LogP contribution in [-0.4, -0.2) is 298 Å². The van der Waals surface area contributed by atoms with Crippen LogP contribution in [0.25, 0.3) is 0 Å². The zero-order valence-corrected chi connectivity index (χ0v) is 39.8. The summed E-state index contributed by atoms with van der Waals surface area (Å²) < 4.78 is 38.4. The first-order chi connectivity index (χ1) is 32.5. The Morgan fingerprint density at radius 2 is 0.855 bits per heavy atom. The number of carbonyl (C=O) groups is 3. The first kappa shape index (κ1) is 59.6. The van der Waals surface area contributed by atoms with E-state index < -0.39 is 171 Å². The van der Waals surface area contributed by atoms with Crippen LogP contribution >= 0.6 is 23.5 Å². The van der Waals surface area contributed by atoms with Crippen LogP contribution in [0.4, 0.5) is 4.79 Å². The third-order valence-electron chi connectivity index (χ3n) is 11.3. The first-order valence-electron chi connectivity index (χ1n) is 22.2. The van der Waals surface area contributed by atoms with Crippen molar-refractivity contribution in [2.45, 2.75) is 147 Å². The molecule has 4 aliphatic heterocycles. The van der Waals surface area contributed by atoms with Crippen LogP contribution in [-0.2, 0) is 42.7 Å². The van der Waals surface area contributed by atoms with Gasteiger partial charge in [0.2, 0.25) is 11.8 Å². The van der Waals surface area contributed by atoms with Crippen molar-refractivity contribution in [1.29, 1.82) is 0 Å². The van der Waals surface area contributed by atoms with Crippen LogP contribution in [0, 0.1) is 0 Å². The zero-order valence-electron chi connectivity index (χ0n) is 38.1. The molecule has 17 N–H and O–H groups in total. The van der Waals surface area contributed by atoms with Crippen molar-refractivity contribution < 1.29 is 119 Å². The van der Waals surface area contributed by atoms with Gasteiger partial charge in [-0.2, -0.15) is 0 Å². The highest BCUT2D eigenvalue weighted by molar-refractivity contribution is 8.00. The number of aliphatic hydroxyl groups is 14. The van der Waals surface area contributed by atoms with Crippen molar-refractivity contribution in [3.63, 3.8) is 0 Å². The van der Waals surface area contributed by atoms with Crippen molar-refractivity contribution in [2.75, 3.05) is 77.2 Å². The number of alkyl carbamates (subject to hydrolysis) is 1. The fraction of sp³-hybridized carbons (Fsp3) is 0.923. The van der Waals surface area contributed by atoms with Crippen molar-refractivity contribution in [3.05, 3.63) is 0 Å². The molecule has 0 bridgehead atoms. The number of thioether (sulfide) groups is 2. The molecule has 3 amide bonds. The average Bonchev–Trinajstić information content (AvgIpc) is 3.30. The van der Waals surface area contributed by atoms with Gasteiger partial charge in [-0.1, -0.05) is 0 Å². The van der Waals surface area contributed by atoms with Crippen LogP contribution in [0.1, 0.15) is 20.8 Å². The highest BCUT2D eigenvalue weighted by Gasteiger charge is 2.52. The topological polar surface area (TPSA) is 438 Å². The van der Waals surface area contributed by atoms with E-state index in [0.29, 0.717) is 0 Å². The lowest BCUT2D eigenvalue weighted by molar-refractivity contribution is -0.338. The molecule has 20 atom stereocenters. The number of carbonyl (C=O) groups excluding carboxylic acids is 3. The van der Waals surface area contributed by atoms with E-state index in [0.717, 1.165) is 23.5 Å². The van der Waals surface area contributed by atoms with Crippen molar-refractivity contribution in [1.82, 2.24) is 20.9 Å². The Balaban J connectivity index is 1.24. The monoisotopic (exact) mass is 1040 g/mol. The quantitative estimate of drug-likeness (QED) is 0.0452. The summed E-state index contributed by atoms with van der Waals surface area (Å²) in [5.41, 5.74) is -3.26. The van der Waals surface area contributed by atoms with E-state index in [9.17, 15) is 85.9 Å². The van der Waals surface area contributed by atoms with Gasteiger partial charge in [-0.05, 0) is 20.8 Å². The fourth-order valence-corrected chi connectivity index (χ4v) is 9.47. The van der Waals surface area contributed by atoms with Gasteiger partial charge in [0.25, 0.3) is 0 Å². The third-order valence-corrected chi connectivity index (χ3v) is 13.6. The average molecular weight is 1040 g/mol. The molecule has 0 aromatic heterocycles. The lowest BCUT2D eigenvalue weighted by Gasteiger charge is -2.46. The molecule has 4 aliphatic rings. The van der Waals surface area contributed by atoms with Crippen LogP contribution in [0.3, 0.4) is 0 Å². The molecule has 4 fully saturated rings. The zero-order chi connectivity index (χ0) is 51.3. The van der Waals surface area contributed by atoms with Gasteiger partial charge >= 0.3 is 6.09 Å². The maximum Gasteiger partial charge on any atom is 0.407 e. The largest absolute Gasteiger partial charge is 0.444 e. The van der Waals surface area contributed by atoms with E-state index in [1.54, 1.807) is 25.7 Å². The van der Waals surface area contributed by atoms with Crippen molar-refractivity contribution in [2.24, 2.45) is 0 Å². The second kappa shape index (κ2) is 27.9. The van der Waals surface area contributed by atoms with Gasteiger partial charge in [0.15, 0.2) is 12.6 Å². The number of amides is 3. The van der Waals surface area contributed by atoms with Gasteiger partial charge in [0, 0.05) is 39.3 Å². The summed E-state index contributed by atoms with van der Waals surface area (Å²) in [5, 5.41) is 152. The van der Waals surface area contributed by atoms with E-state index >= 15 is 0 Å². The van der Waals surface area contributed by atoms with Gasteiger partial charge in [-0.15, -0.1) is 23.5 Å². The molecule has 4 rings (SSSR count). The lowest BCUT2D eigenvalue weighted by Crippen LogP contribution is -2.64. The Labute approximate surface area is 405 Å². The molecule has 0 spiro atoms. The number of aliphatic hydroxyl groups excluding tert-OH is 14. The Bertz CT molecular complexity index is 1480.